The van der Waals surface area contributed by atoms with Gasteiger partial charge in [-0.15, -0.1) is 0 Å². The second-order valence-corrected chi connectivity index (χ2v) is 8.49. The SMILES string of the molecule is COc1ccc(-c2nc3cc(C)c(C)cc3o2)cc1NC(=S)NC(=O)c1ccccc1Br. The van der Waals surface area contributed by atoms with E-state index in [1.165, 1.54) is 0 Å². The first-order chi connectivity index (χ1) is 15.4. The zero-order valence-corrected chi connectivity index (χ0v) is 20.1. The molecule has 3 aromatic carbocycles. The number of ether oxygens (including phenoxy) is 1. The Balaban J connectivity index is 1.59. The number of rotatable bonds is 4. The van der Waals surface area contributed by atoms with Crippen molar-refractivity contribution >= 4 is 56.0 Å². The van der Waals surface area contributed by atoms with Gasteiger partial charge in [-0.1, -0.05) is 12.1 Å². The summed E-state index contributed by atoms with van der Waals surface area (Å²) in [6.07, 6.45) is 0. The van der Waals surface area contributed by atoms with Crippen molar-refractivity contribution in [2.24, 2.45) is 0 Å². The number of methoxy groups -OCH3 is 1. The number of aryl methyl sites for hydroxylation is 2. The predicted molar refractivity (Wildman–Crippen MR) is 133 cm³/mol. The van der Waals surface area contributed by atoms with Gasteiger partial charge < -0.3 is 14.5 Å². The molecular formula is C24H20BrN3O3S. The largest absolute Gasteiger partial charge is 0.495 e. The van der Waals surface area contributed by atoms with E-state index in [-0.39, 0.29) is 11.0 Å². The molecule has 0 radical (unpaired) electrons. The van der Waals surface area contributed by atoms with Crippen LogP contribution < -0.4 is 15.4 Å². The van der Waals surface area contributed by atoms with Gasteiger partial charge in [0.05, 0.1) is 18.4 Å². The van der Waals surface area contributed by atoms with Gasteiger partial charge >= 0.3 is 0 Å². The summed E-state index contributed by atoms with van der Waals surface area (Å²) < 4.78 is 12.1. The Labute approximate surface area is 199 Å². The third-order valence-corrected chi connectivity index (χ3v) is 5.94. The minimum atomic E-state index is -0.324. The molecule has 162 valence electrons. The maximum Gasteiger partial charge on any atom is 0.258 e. The maximum absolute atomic E-state index is 12.5. The third-order valence-electron chi connectivity index (χ3n) is 5.04. The van der Waals surface area contributed by atoms with Gasteiger partial charge in [-0.05, 0) is 95.6 Å². The van der Waals surface area contributed by atoms with E-state index in [2.05, 4.69) is 31.5 Å². The fraction of sp³-hybridized carbons (Fsp3) is 0.125. The fourth-order valence-electron chi connectivity index (χ4n) is 3.21. The van der Waals surface area contributed by atoms with Gasteiger partial charge in [0.1, 0.15) is 11.3 Å². The van der Waals surface area contributed by atoms with Crippen LogP contribution in [0.4, 0.5) is 5.69 Å². The summed E-state index contributed by atoms with van der Waals surface area (Å²) in [5, 5.41) is 5.86. The molecule has 1 aromatic heterocycles. The van der Waals surface area contributed by atoms with E-state index in [9.17, 15) is 4.79 Å². The van der Waals surface area contributed by atoms with E-state index in [1.54, 1.807) is 31.4 Å². The van der Waals surface area contributed by atoms with Crippen molar-refractivity contribution in [1.29, 1.82) is 0 Å². The molecule has 2 N–H and O–H groups in total. The van der Waals surface area contributed by atoms with Crippen LogP contribution in [-0.2, 0) is 0 Å². The zero-order valence-electron chi connectivity index (χ0n) is 17.7. The number of hydrogen-bond donors (Lipinski definition) is 2. The molecule has 0 saturated carbocycles. The molecule has 6 nitrogen and oxygen atoms in total. The van der Waals surface area contributed by atoms with Crippen LogP contribution in [0.25, 0.3) is 22.6 Å². The molecule has 8 heteroatoms. The van der Waals surface area contributed by atoms with Gasteiger partial charge in [-0.3, -0.25) is 10.1 Å². The molecule has 4 aromatic rings. The van der Waals surface area contributed by atoms with Crippen LogP contribution in [0.5, 0.6) is 5.75 Å². The standard InChI is InChI=1S/C24H20BrN3O3S/c1-13-10-18-21(11-14(13)2)31-23(26-18)15-8-9-20(30-3)19(12-15)27-24(32)28-22(29)16-6-4-5-7-17(16)25/h4-12H,1-3H3,(H2,27,28,29,32). The quantitative estimate of drug-likeness (QED) is 0.328. The lowest BCUT2D eigenvalue weighted by atomic mass is 10.1. The van der Waals surface area contributed by atoms with Gasteiger partial charge in [-0.2, -0.15) is 0 Å². The number of fused-ring (bicyclic) bond motifs is 1. The molecule has 1 heterocycles. The topological polar surface area (TPSA) is 76.4 Å². The summed E-state index contributed by atoms with van der Waals surface area (Å²) >= 11 is 8.72. The average molecular weight is 510 g/mol. The van der Waals surface area contributed by atoms with Gasteiger partial charge in [0.2, 0.25) is 5.89 Å². The summed E-state index contributed by atoms with van der Waals surface area (Å²) in [7, 11) is 1.56. The lowest BCUT2D eigenvalue weighted by molar-refractivity contribution is 0.0977. The molecule has 0 fully saturated rings. The number of hydrogen-bond acceptors (Lipinski definition) is 5. The number of nitrogens with one attached hydrogen (secondary N) is 2. The molecule has 0 spiro atoms. The minimum absolute atomic E-state index is 0.144. The number of amides is 1. The predicted octanol–water partition coefficient (Wildman–Crippen LogP) is 6.01. The summed E-state index contributed by atoms with van der Waals surface area (Å²) in [6, 6.07) is 16.6. The van der Waals surface area contributed by atoms with Crippen molar-refractivity contribution in [2.75, 3.05) is 12.4 Å². The number of oxazole rings is 1. The van der Waals surface area contributed by atoms with Crippen LogP contribution in [-0.4, -0.2) is 23.1 Å². The molecule has 0 atom stereocenters. The fourth-order valence-corrected chi connectivity index (χ4v) is 3.88. The summed E-state index contributed by atoms with van der Waals surface area (Å²) in [5.74, 6) is 0.725. The lowest BCUT2D eigenvalue weighted by Gasteiger charge is -2.14. The summed E-state index contributed by atoms with van der Waals surface area (Å²) in [4.78, 5) is 17.2. The first-order valence-corrected chi connectivity index (χ1v) is 11.0. The van der Waals surface area contributed by atoms with Crippen LogP contribution in [0.1, 0.15) is 21.5 Å². The van der Waals surface area contributed by atoms with E-state index >= 15 is 0 Å². The molecule has 0 aliphatic heterocycles. The molecule has 0 aliphatic carbocycles. The summed E-state index contributed by atoms with van der Waals surface area (Å²) in [6.45, 7) is 4.08. The molecule has 1 amide bonds. The van der Waals surface area contributed by atoms with Gasteiger partial charge in [-0.25, -0.2) is 4.98 Å². The molecule has 0 unspecified atom stereocenters. The highest BCUT2D eigenvalue weighted by atomic mass is 79.9. The Morgan fingerprint density at radius 1 is 1.09 bits per heavy atom. The Hall–Kier alpha value is -3.23. The van der Waals surface area contributed by atoms with Gasteiger partial charge in [0.15, 0.2) is 10.7 Å². The number of nitrogens with zero attached hydrogens (tertiary/aromatic N) is 1. The van der Waals surface area contributed by atoms with E-state index in [0.29, 0.717) is 27.4 Å². The van der Waals surface area contributed by atoms with Crippen LogP contribution in [0, 0.1) is 13.8 Å². The molecular weight excluding hydrogens is 490 g/mol. The third kappa shape index (κ3) is 4.51. The molecule has 4 rings (SSSR count). The number of thiocarbonyl (C=S) groups is 1. The average Bonchev–Trinajstić information content (AvgIpc) is 3.16. The van der Waals surface area contributed by atoms with Crippen LogP contribution in [0.3, 0.4) is 0 Å². The Morgan fingerprint density at radius 3 is 2.59 bits per heavy atom. The van der Waals surface area contributed by atoms with E-state index < -0.39 is 0 Å². The minimum Gasteiger partial charge on any atom is -0.495 e. The van der Waals surface area contributed by atoms with Gasteiger partial charge in [0.25, 0.3) is 5.91 Å². The second-order valence-electron chi connectivity index (χ2n) is 7.23. The number of halogens is 1. The van der Waals surface area contributed by atoms with E-state index in [1.807, 2.05) is 44.2 Å². The molecule has 0 bridgehead atoms. The molecule has 0 aliphatic rings. The van der Waals surface area contributed by atoms with Crippen molar-refractivity contribution in [3.8, 4) is 17.2 Å². The normalized spacial score (nSPS) is 10.8. The van der Waals surface area contributed by atoms with E-state index in [0.717, 1.165) is 27.8 Å². The summed E-state index contributed by atoms with van der Waals surface area (Å²) in [5.41, 5.74) is 5.63. The van der Waals surface area contributed by atoms with Crippen molar-refractivity contribution in [3.05, 3.63) is 75.8 Å². The highest BCUT2D eigenvalue weighted by Crippen LogP contribution is 2.32. The molecule has 0 saturated heterocycles. The zero-order chi connectivity index (χ0) is 22.8. The Kier molecular flexibility index (Phi) is 6.25. The smallest absolute Gasteiger partial charge is 0.258 e. The Morgan fingerprint density at radius 2 is 1.84 bits per heavy atom. The van der Waals surface area contributed by atoms with Crippen molar-refractivity contribution < 1.29 is 13.9 Å². The molecule has 32 heavy (non-hydrogen) atoms. The highest BCUT2D eigenvalue weighted by Gasteiger charge is 2.15. The number of anilines is 1. The van der Waals surface area contributed by atoms with Crippen molar-refractivity contribution in [3.63, 3.8) is 0 Å². The first-order valence-electron chi connectivity index (χ1n) is 9.79. The van der Waals surface area contributed by atoms with Crippen LogP contribution >= 0.6 is 28.1 Å². The monoisotopic (exact) mass is 509 g/mol. The lowest BCUT2D eigenvalue weighted by Crippen LogP contribution is -2.34. The number of carbonyl (C=O) groups excluding carboxylic acids is 1. The van der Waals surface area contributed by atoms with Crippen LogP contribution in [0.2, 0.25) is 0 Å². The van der Waals surface area contributed by atoms with Crippen LogP contribution in [0.15, 0.2) is 63.5 Å². The van der Waals surface area contributed by atoms with E-state index in [4.69, 9.17) is 21.4 Å². The van der Waals surface area contributed by atoms with Crippen molar-refractivity contribution in [1.82, 2.24) is 10.3 Å². The maximum atomic E-state index is 12.5. The van der Waals surface area contributed by atoms with Crippen molar-refractivity contribution in [2.45, 2.75) is 13.8 Å². The number of carbonyl (C=O) groups is 1. The number of benzene rings is 3. The first kappa shape index (κ1) is 22.0. The number of aromatic nitrogens is 1. The highest BCUT2D eigenvalue weighted by molar-refractivity contribution is 9.10. The van der Waals surface area contributed by atoms with Gasteiger partial charge in [0, 0.05) is 10.0 Å². The second kappa shape index (κ2) is 9.10. The Bertz CT molecular complexity index is 1310.